The van der Waals surface area contributed by atoms with Gasteiger partial charge in [0, 0.05) is 19.4 Å². The number of carboxylic acids is 1. The summed E-state index contributed by atoms with van der Waals surface area (Å²) >= 11 is 0. The molecular weight excluding hydrogens is 200 g/mol. The highest BCUT2D eigenvalue weighted by atomic mass is 16.5. The molecule has 0 fully saturated rings. The average molecular weight is 218 g/mol. The number of aliphatic hydroxyl groups excluding tert-OH is 1. The zero-order chi connectivity index (χ0) is 11.5. The first-order chi connectivity index (χ1) is 7.16. The van der Waals surface area contributed by atoms with Crippen LogP contribution in [-0.4, -0.2) is 35.4 Å². The normalized spacial score (nSPS) is 9.93. The van der Waals surface area contributed by atoms with E-state index in [1.807, 2.05) is 0 Å². The van der Waals surface area contributed by atoms with E-state index in [4.69, 9.17) is 14.9 Å². The molecule has 0 aromatic rings. The Balaban J connectivity index is 3.20. The van der Waals surface area contributed by atoms with Gasteiger partial charge in [0.2, 0.25) is 0 Å². The molecule has 0 amide bonds. The summed E-state index contributed by atoms with van der Waals surface area (Å²) in [5.74, 6) is -1.11. The highest BCUT2D eigenvalue weighted by molar-refractivity contribution is 5.69. The minimum absolute atomic E-state index is 0.0892. The fourth-order valence-electron chi connectivity index (χ4n) is 1.02. The molecule has 2 N–H and O–H groups in total. The molecule has 0 spiro atoms. The van der Waals surface area contributed by atoms with Crippen LogP contribution in [0.25, 0.3) is 0 Å². The first-order valence-corrected chi connectivity index (χ1v) is 5.15. The first-order valence-electron chi connectivity index (χ1n) is 5.15. The molecule has 0 atom stereocenters. The van der Waals surface area contributed by atoms with Gasteiger partial charge in [0.15, 0.2) is 0 Å². The number of hydrogen-bond acceptors (Lipinski definition) is 4. The van der Waals surface area contributed by atoms with Crippen LogP contribution in [0.2, 0.25) is 0 Å². The quantitative estimate of drug-likeness (QED) is 0.444. The van der Waals surface area contributed by atoms with E-state index in [1.165, 1.54) is 0 Å². The Morgan fingerprint density at radius 2 is 1.67 bits per heavy atom. The summed E-state index contributed by atoms with van der Waals surface area (Å²) in [6.45, 7) is 0.372. The summed E-state index contributed by atoms with van der Waals surface area (Å²) in [5, 5.41) is 16.8. The summed E-state index contributed by atoms with van der Waals surface area (Å²) in [7, 11) is 0. The number of carbonyl (C=O) groups excluding carboxylic acids is 1. The Hall–Kier alpha value is -1.10. The van der Waals surface area contributed by atoms with E-state index in [1.54, 1.807) is 0 Å². The van der Waals surface area contributed by atoms with Crippen LogP contribution >= 0.6 is 0 Å². The lowest BCUT2D eigenvalue weighted by molar-refractivity contribution is -0.143. The minimum atomic E-state index is -0.829. The number of aliphatic carboxylic acids is 1. The second-order valence-electron chi connectivity index (χ2n) is 3.25. The lowest BCUT2D eigenvalue weighted by atomic mass is 10.2. The zero-order valence-corrected chi connectivity index (χ0v) is 8.78. The molecule has 0 saturated carbocycles. The molecule has 0 unspecified atom stereocenters. The van der Waals surface area contributed by atoms with Crippen LogP contribution in [0.1, 0.15) is 38.5 Å². The van der Waals surface area contributed by atoms with E-state index < -0.39 is 5.97 Å². The van der Waals surface area contributed by atoms with E-state index in [2.05, 4.69) is 0 Å². The fraction of sp³-hybridized carbons (Fsp3) is 0.800. The largest absolute Gasteiger partial charge is 0.481 e. The molecule has 0 aliphatic rings. The van der Waals surface area contributed by atoms with Crippen LogP contribution in [-0.2, 0) is 14.3 Å². The topological polar surface area (TPSA) is 83.8 Å². The maximum Gasteiger partial charge on any atom is 0.305 e. The van der Waals surface area contributed by atoms with Crippen molar-refractivity contribution in [2.24, 2.45) is 0 Å². The molecular formula is C10H18O5. The van der Waals surface area contributed by atoms with Crippen molar-refractivity contribution >= 4 is 11.9 Å². The number of rotatable bonds is 9. The molecule has 0 rings (SSSR count). The van der Waals surface area contributed by atoms with Gasteiger partial charge in [-0.15, -0.1) is 0 Å². The van der Waals surface area contributed by atoms with Crippen LogP contribution in [0.5, 0.6) is 0 Å². The van der Waals surface area contributed by atoms with Gasteiger partial charge in [0.05, 0.1) is 6.61 Å². The van der Waals surface area contributed by atoms with Gasteiger partial charge in [-0.25, -0.2) is 0 Å². The van der Waals surface area contributed by atoms with E-state index in [-0.39, 0.29) is 25.6 Å². The lowest BCUT2D eigenvalue weighted by Gasteiger charge is -2.03. The van der Waals surface area contributed by atoms with Gasteiger partial charge in [0.1, 0.15) is 0 Å². The number of hydrogen-bond donors (Lipinski definition) is 2. The SMILES string of the molecule is O=C(O)CCCCOC(=O)CCCCO. The number of unbranched alkanes of at least 4 members (excludes halogenated alkanes) is 2. The van der Waals surface area contributed by atoms with Crippen LogP contribution in [0.3, 0.4) is 0 Å². The van der Waals surface area contributed by atoms with Crippen LogP contribution < -0.4 is 0 Å². The fourth-order valence-corrected chi connectivity index (χ4v) is 1.02. The summed E-state index contributed by atoms with van der Waals surface area (Å²) < 4.78 is 4.86. The number of esters is 1. The highest BCUT2D eigenvalue weighted by Gasteiger charge is 2.02. The average Bonchev–Trinajstić information content (AvgIpc) is 2.17. The monoisotopic (exact) mass is 218 g/mol. The molecule has 0 radical (unpaired) electrons. The predicted molar refractivity (Wildman–Crippen MR) is 53.4 cm³/mol. The Morgan fingerprint density at radius 1 is 1.00 bits per heavy atom. The van der Waals surface area contributed by atoms with Gasteiger partial charge in [-0.05, 0) is 25.7 Å². The maximum atomic E-state index is 11.0. The Morgan fingerprint density at radius 3 is 2.27 bits per heavy atom. The van der Waals surface area contributed by atoms with Crippen molar-refractivity contribution in [2.45, 2.75) is 38.5 Å². The second kappa shape index (κ2) is 9.45. The molecule has 5 nitrogen and oxygen atoms in total. The van der Waals surface area contributed by atoms with Crippen LogP contribution in [0, 0.1) is 0 Å². The number of carbonyl (C=O) groups is 2. The van der Waals surface area contributed by atoms with Crippen molar-refractivity contribution in [3.63, 3.8) is 0 Å². The molecule has 88 valence electrons. The highest BCUT2D eigenvalue weighted by Crippen LogP contribution is 2.00. The second-order valence-corrected chi connectivity index (χ2v) is 3.25. The van der Waals surface area contributed by atoms with E-state index in [9.17, 15) is 9.59 Å². The first kappa shape index (κ1) is 13.9. The molecule has 0 aromatic carbocycles. The Bertz CT molecular complexity index is 190. The molecule has 5 heteroatoms. The van der Waals surface area contributed by atoms with Crippen molar-refractivity contribution in [3.8, 4) is 0 Å². The van der Waals surface area contributed by atoms with Gasteiger partial charge in [-0.2, -0.15) is 0 Å². The third kappa shape index (κ3) is 10.8. The van der Waals surface area contributed by atoms with E-state index in [0.717, 1.165) is 0 Å². The van der Waals surface area contributed by atoms with Gasteiger partial charge >= 0.3 is 11.9 Å². The zero-order valence-electron chi connectivity index (χ0n) is 8.78. The number of aliphatic hydroxyl groups is 1. The molecule has 0 aliphatic heterocycles. The Kier molecular flexibility index (Phi) is 8.76. The molecule has 0 aliphatic carbocycles. The molecule has 0 saturated heterocycles. The molecule has 0 aromatic heterocycles. The summed E-state index contributed by atoms with van der Waals surface area (Å²) in [6, 6.07) is 0. The van der Waals surface area contributed by atoms with Gasteiger partial charge in [-0.1, -0.05) is 0 Å². The van der Waals surface area contributed by atoms with Crippen molar-refractivity contribution in [1.29, 1.82) is 0 Å². The smallest absolute Gasteiger partial charge is 0.305 e. The summed E-state index contributed by atoms with van der Waals surface area (Å²) in [5.41, 5.74) is 0. The Labute approximate surface area is 89.0 Å². The van der Waals surface area contributed by atoms with Crippen molar-refractivity contribution < 1.29 is 24.5 Å². The standard InChI is InChI=1S/C10H18O5/c11-7-3-1-6-10(14)15-8-4-2-5-9(12)13/h11H,1-8H2,(H,12,13). The van der Waals surface area contributed by atoms with Crippen molar-refractivity contribution in [2.75, 3.05) is 13.2 Å². The van der Waals surface area contributed by atoms with Crippen LogP contribution in [0.4, 0.5) is 0 Å². The third-order valence-corrected chi connectivity index (χ3v) is 1.84. The summed E-state index contributed by atoms with van der Waals surface area (Å²) in [6.07, 6.45) is 2.78. The minimum Gasteiger partial charge on any atom is -0.481 e. The van der Waals surface area contributed by atoms with Gasteiger partial charge < -0.3 is 14.9 Å². The molecule has 0 heterocycles. The van der Waals surface area contributed by atoms with Crippen molar-refractivity contribution in [3.05, 3.63) is 0 Å². The molecule has 15 heavy (non-hydrogen) atoms. The van der Waals surface area contributed by atoms with Crippen molar-refractivity contribution in [1.82, 2.24) is 0 Å². The van der Waals surface area contributed by atoms with E-state index in [0.29, 0.717) is 32.1 Å². The summed E-state index contributed by atoms with van der Waals surface area (Å²) in [4.78, 5) is 21.1. The molecule has 0 bridgehead atoms. The number of ether oxygens (including phenoxy) is 1. The van der Waals surface area contributed by atoms with Gasteiger partial charge in [0.25, 0.3) is 0 Å². The van der Waals surface area contributed by atoms with Gasteiger partial charge in [-0.3, -0.25) is 9.59 Å². The van der Waals surface area contributed by atoms with E-state index >= 15 is 0 Å². The number of carboxylic acid groups (broad SMARTS) is 1. The third-order valence-electron chi connectivity index (χ3n) is 1.84. The predicted octanol–water partition coefficient (Wildman–Crippen LogP) is 0.947. The lowest BCUT2D eigenvalue weighted by Crippen LogP contribution is -2.06. The maximum absolute atomic E-state index is 11.0. The van der Waals surface area contributed by atoms with Crippen LogP contribution in [0.15, 0.2) is 0 Å².